The van der Waals surface area contributed by atoms with Gasteiger partial charge in [-0.25, -0.2) is 0 Å². The average molecular weight is 351 g/mol. The van der Waals surface area contributed by atoms with Gasteiger partial charge in [0.15, 0.2) is 5.78 Å². The molecule has 2 aromatic rings. The summed E-state index contributed by atoms with van der Waals surface area (Å²) in [5, 5.41) is 0. The number of Topliss-reactive ketones (excluding diaryl/α,β-unsaturated/α-hetero) is 1. The molecule has 0 saturated heterocycles. The Labute approximate surface area is 152 Å². The predicted octanol–water partition coefficient (Wildman–Crippen LogP) is 3.73. The average Bonchev–Trinajstić information content (AvgIpc) is 2.92. The monoisotopic (exact) mass is 351 g/mol. The molecule has 0 spiro atoms. The third-order valence-electron chi connectivity index (χ3n) is 4.50. The summed E-state index contributed by atoms with van der Waals surface area (Å²) in [7, 11) is 0. The lowest BCUT2D eigenvalue weighted by molar-refractivity contribution is 0.0555. The van der Waals surface area contributed by atoms with E-state index in [0.717, 1.165) is 17.7 Å². The molecule has 26 heavy (non-hydrogen) atoms. The summed E-state index contributed by atoms with van der Waals surface area (Å²) >= 11 is 0. The molecular weight excluding hydrogens is 330 g/mol. The van der Waals surface area contributed by atoms with Crippen molar-refractivity contribution in [3.63, 3.8) is 0 Å². The van der Waals surface area contributed by atoms with Crippen LogP contribution in [-0.4, -0.2) is 35.1 Å². The van der Waals surface area contributed by atoms with Gasteiger partial charge < -0.3 is 4.74 Å². The van der Waals surface area contributed by atoms with E-state index < -0.39 is 17.9 Å². The first kappa shape index (κ1) is 17.9. The summed E-state index contributed by atoms with van der Waals surface area (Å²) in [6.07, 6.45) is 2.02. The first-order valence-corrected chi connectivity index (χ1v) is 8.78. The van der Waals surface area contributed by atoms with Crippen LogP contribution in [0, 0.1) is 0 Å². The molecule has 1 aliphatic heterocycles. The van der Waals surface area contributed by atoms with E-state index >= 15 is 0 Å². The standard InChI is InChI=1S/C21H21NO4/c1-3-4-13-26-16-11-9-15(10-12-16)19(23)14(2)22-20(24)17-7-5-6-8-18(17)21(22)25/h5-12,14H,3-4,13H2,1-2H3/t14-/m0/s1. The number of ether oxygens (including phenoxy) is 1. The maximum Gasteiger partial charge on any atom is 0.262 e. The molecule has 0 fully saturated rings. The zero-order valence-electron chi connectivity index (χ0n) is 14.9. The smallest absolute Gasteiger partial charge is 0.262 e. The van der Waals surface area contributed by atoms with Gasteiger partial charge in [0.2, 0.25) is 0 Å². The predicted molar refractivity (Wildman–Crippen MR) is 97.6 cm³/mol. The quantitative estimate of drug-likeness (QED) is 0.433. The van der Waals surface area contributed by atoms with Crippen molar-refractivity contribution in [3.05, 3.63) is 65.2 Å². The van der Waals surface area contributed by atoms with Crippen LogP contribution in [0.25, 0.3) is 0 Å². The lowest BCUT2D eigenvalue weighted by Gasteiger charge is -2.21. The molecule has 0 radical (unpaired) electrons. The number of rotatable bonds is 7. The topological polar surface area (TPSA) is 63.7 Å². The summed E-state index contributed by atoms with van der Waals surface area (Å²) in [5.41, 5.74) is 1.13. The summed E-state index contributed by atoms with van der Waals surface area (Å²) in [6.45, 7) is 4.30. The van der Waals surface area contributed by atoms with Gasteiger partial charge >= 0.3 is 0 Å². The normalized spacial score (nSPS) is 14.3. The van der Waals surface area contributed by atoms with E-state index in [1.165, 1.54) is 0 Å². The van der Waals surface area contributed by atoms with E-state index in [0.29, 0.717) is 29.0 Å². The summed E-state index contributed by atoms with van der Waals surface area (Å²) < 4.78 is 5.59. The Hall–Kier alpha value is -2.95. The second-order valence-corrected chi connectivity index (χ2v) is 6.29. The fourth-order valence-electron chi connectivity index (χ4n) is 2.97. The van der Waals surface area contributed by atoms with Crippen molar-refractivity contribution in [1.82, 2.24) is 4.90 Å². The van der Waals surface area contributed by atoms with Gasteiger partial charge in [-0.05, 0) is 49.7 Å². The van der Waals surface area contributed by atoms with Crippen LogP contribution in [0.15, 0.2) is 48.5 Å². The van der Waals surface area contributed by atoms with Crippen molar-refractivity contribution in [2.75, 3.05) is 6.61 Å². The molecule has 134 valence electrons. The number of unbranched alkanes of at least 4 members (excludes halogenated alkanes) is 1. The minimum Gasteiger partial charge on any atom is -0.494 e. The van der Waals surface area contributed by atoms with Crippen LogP contribution in [0.4, 0.5) is 0 Å². The Bertz CT molecular complexity index is 806. The number of fused-ring (bicyclic) bond motifs is 1. The number of nitrogens with zero attached hydrogens (tertiary/aromatic N) is 1. The van der Waals surface area contributed by atoms with Crippen molar-refractivity contribution in [2.45, 2.75) is 32.7 Å². The third-order valence-corrected chi connectivity index (χ3v) is 4.50. The van der Waals surface area contributed by atoms with Crippen LogP contribution >= 0.6 is 0 Å². The molecule has 2 aromatic carbocycles. The summed E-state index contributed by atoms with van der Waals surface area (Å²) in [5.74, 6) is -0.431. The van der Waals surface area contributed by atoms with Gasteiger partial charge in [0.05, 0.1) is 17.7 Å². The molecule has 0 unspecified atom stereocenters. The maximum atomic E-state index is 12.8. The number of hydrogen-bond donors (Lipinski definition) is 0. The van der Waals surface area contributed by atoms with Crippen molar-refractivity contribution >= 4 is 17.6 Å². The van der Waals surface area contributed by atoms with Crippen LogP contribution in [0.5, 0.6) is 5.75 Å². The highest BCUT2D eigenvalue weighted by atomic mass is 16.5. The van der Waals surface area contributed by atoms with E-state index in [9.17, 15) is 14.4 Å². The number of hydrogen-bond acceptors (Lipinski definition) is 4. The van der Waals surface area contributed by atoms with Crippen molar-refractivity contribution in [3.8, 4) is 5.75 Å². The van der Waals surface area contributed by atoms with Gasteiger partial charge in [-0.2, -0.15) is 0 Å². The fraction of sp³-hybridized carbons (Fsp3) is 0.286. The Balaban J connectivity index is 1.74. The van der Waals surface area contributed by atoms with Gasteiger partial charge in [-0.15, -0.1) is 0 Å². The maximum absolute atomic E-state index is 12.8. The number of carbonyl (C=O) groups excluding carboxylic acids is 3. The van der Waals surface area contributed by atoms with Crippen LogP contribution in [0.3, 0.4) is 0 Å². The van der Waals surface area contributed by atoms with Gasteiger partial charge in [0, 0.05) is 5.56 Å². The van der Waals surface area contributed by atoms with E-state index in [2.05, 4.69) is 6.92 Å². The number of ketones is 1. The molecule has 0 saturated carbocycles. The molecule has 5 heteroatoms. The van der Waals surface area contributed by atoms with E-state index in [4.69, 9.17) is 4.74 Å². The van der Waals surface area contributed by atoms with Crippen molar-refractivity contribution < 1.29 is 19.1 Å². The van der Waals surface area contributed by atoms with Crippen molar-refractivity contribution in [2.24, 2.45) is 0 Å². The van der Waals surface area contributed by atoms with Crippen LogP contribution in [0.1, 0.15) is 57.8 Å². The molecule has 1 atom stereocenters. The molecule has 1 heterocycles. The molecule has 3 rings (SSSR count). The highest BCUT2D eigenvalue weighted by Crippen LogP contribution is 2.26. The van der Waals surface area contributed by atoms with Gasteiger partial charge in [-0.3, -0.25) is 19.3 Å². The zero-order valence-corrected chi connectivity index (χ0v) is 14.9. The van der Waals surface area contributed by atoms with E-state index in [-0.39, 0.29) is 5.78 Å². The summed E-state index contributed by atoms with van der Waals surface area (Å²) in [4.78, 5) is 38.8. The molecule has 0 aromatic heterocycles. The number of benzene rings is 2. The van der Waals surface area contributed by atoms with Crippen LogP contribution < -0.4 is 4.74 Å². The Kier molecular flexibility index (Phi) is 5.16. The van der Waals surface area contributed by atoms with Crippen LogP contribution in [-0.2, 0) is 0 Å². The lowest BCUT2D eigenvalue weighted by Crippen LogP contribution is -2.42. The molecule has 0 aliphatic carbocycles. The molecule has 5 nitrogen and oxygen atoms in total. The summed E-state index contributed by atoms with van der Waals surface area (Å²) in [6, 6.07) is 12.6. The number of imide groups is 1. The molecular formula is C21H21NO4. The largest absolute Gasteiger partial charge is 0.494 e. The van der Waals surface area contributed by atoms with E-state index in [1.807, 2.05) is 0 Å². The Morgan fingerprint density at radius 2 is 1.58 bits per heavy atom. The molecule has 0 bridgehead atoms. The molecule has 1 aliphatic rings. The van der Waals surface area contributed by atoms with Gasteiger partial charge in [0.1, 0.15) is 11.8 Å². The SMILES string of the molecule is CCCCOc1ccc(C(=O)[C@H](C)N2C(=O)c3ccccc3C2=O)cc1. The first-order chi connectivity index (χ1) is 12.5. The number of amides is 2. The third kappa shape index (κ3) is 3.25. The number of carbonyl (C=O) groups is 3. The highest BCUT2D eigenvalue weighted by Gasteiger charge is 2.40. The first-order valence-electron chi connectivity index (χ1n) is 8.78. The van der Waals surface area contributed by atoms with Crippen LogP contribution in [0.2, 0.25) is 0 Å². The second kappa shape index (κ2) is 7.52. The van der Waals surface area contributed by atoms with Gasteiger partial charge in [-0.1, -0.05) is 25.5 Å². The minimum atomic E-state index is -0.866. The van der Waals surface area contributed by atoms with Crippen molar-refractivity contribution in [1.29, 1.82) is 0 Å². The second-order valence-electron chi connectivity index (χ2n) is 6.29. The molecule has 2 amide bonds. The zero-order chi connectivity index (χ0) is 18.7. The lowest BCUT2D eigenvalue weighted by atomic mass is 10.0. The van der Waals surface area contributed by atoms with Gasteiger partial charge in [0.25, 0.3) is 11.8 Å². The van der Waals surface area contributed by atoms with E-state index in [1.54, 1.807) is 55.5 Å². The molecule has 0 N–H and O–H groups in total. The Morgan fingerprint density at radius 3 is 2.12 bits per heavy atom. The fourth-order valence-corrected chi connectivity index (χ4v) is 2.97. The Morgan fingerprint density at radius 1 is 1.00 bits per heavy atom. The minimum absolute atomic E-state index is 0.278. The highest BCUT2D eigenvalue weighted by molar-refractivity contribution is 6.23.